The van der Waals surface area contributed by atoms with Gasteiger partial charge >= 0.3 is 0 Å². The zero-order valence-corrected chi connectivity index (χ0v) is 9.02. The summed E-state index contributed by atoms with van der Waals surface area (Å²) in [5.74, 6) is 0.265. The fraction of sp³-hybridized carbons (Fsp3) is 0.429. The molecule has 1 unspecified atom stereocenters. The molecule has 0 aliphatic heterocycles. The predicted octanol–water partition coefficient (Wildman–Crippen LogP) is 3.47. The average Bonchev–Trinajstić information content (AvgIpc) is 2.30. The Kier molecular flexibility index (Phi) is 3.22. The van der Waals surface area contributed by atoms with Crippen LogP contribution in [0.1, 0.15) is 37.4 Å². The monoisotopic (exact) mass is 202 g/mol. The number of hydrogen-bond acceptors (Lipinski definition) is 1. The molecule has 0 saturated heterocycles. The van der Waals surface area contributed by atoms with Crippen LogP contribution in [-0.2, 0) is 0 Å². The van der Waals surface area contributed by atoms with Gasteiger partial charge in [0, 0.05) is 5.92 Å². The highest BCUT2D eigenvalue weighted by Crippen LogP contribution is 2.37. The maximum Gasteiger partial charge on any atom is 0.0855 e. The van der Waals surface area contributed by atoms with Crippen LogP contribution < -0.4 is 0 Å². The first-order valence-electron chi connectivity index (χ1n) is 5.69. The number of rotatable bonds is 2. The second-order valence-corrected chi connectivity index (χ2v) is 4.37. The molecule has 0 heterocycles. The van der Waals surface area contributed by atoms with E-state index in [4.69, 9.17) is 0 Å². The number of hydrogen-bond donors (Lipinski definition) is 1. The van der Waals surface area contributed by atoms with Crippen LogP contribution in [0.4, 0.5) is 0 Å². The molecule has 1 N–H and O–H groups in total. The fourth-order valence-electron chi connectivity index (χ4n) is 2.37. The van der Waals surface area contributed by atoms with Gasteiger partial charge in [-0.3, -0.25) is 0 Å². The Labute approximate surface area is 91.4 Å². The van der Waals surface area contributed by atoms with Crippen LogP contribution in [0.25, 0.3) is 0 Å². The molecule has 15 heavy (non-hydrogen) atoms. The molecule has 0 radical (unpaired) electrons. The molecule has 1 heteroatoms. The van der Waals surface area contributed by atoms with E-state index in [2.05, 4.69) is 6.58 Å². The zero-order valence-electron chi connectivity index (χ0n) is 9.02. The van der Waals surface area contributed by atoms with Crippen LogP contribution in [0.3, 0.4) is 0 Å². The Morgan fingerprint density at radius 3 is 2.60 bits per heavy atom. The van der Waals surface area contributed by atoms with Crippen LogP contribution in [-0.4, -0.2) is 5.11 Å². The van der Waals surface area contributed by atoms with Gasteiger partial charge < -0.3 is 5.11 Å². The van der Waals surface area contributed by atoms with E-state index in [0.717, 1.165) is 18.4 Å². The third-order valence-electron chi connectivity index (χ3n) is 3.31. The van der Waals surface area contributed by atoms with Crippen molar-refractivity contribution >= 4 is 0 Å². The molecule has 0 amide bonds. The minimum atomic E-state index is -0.362. The maximum atomic E-state index is 10.3. The summed E-state index contributed by atoms with van der Waals surface area (Å²) < 4.78 is 0. The van der Waals surface area contributed by atoms with Crippen molar-refractivity contribution in [2.24, 2.45) is 5.92 Å². The van der Waals surface area contributed by atoms with E-state index < -0.39 is 0 Å². The molecule has 2 rings (SSSR count). The fourth-order valence-corrected chi connectivity index (χ4v) is 2.37. The van der Waals surface area contributed by atoms with Gasteiger partial charge in [0.15, 0.2) is 0 Å². The molecule has 1 aromatic carbocycles. The quantitative estimate of drug-likeness (QED) is 0.728. The summed E-state index contributed by atoms with van der Waals surface area (Å²) in [5.41, 5.74) is 2.24. The molecule has 1 aliphatic carbocycles. The lowest BCUT2D eigenvalue weighted by Gasteiger charge is -2.29. The highest BCUT2D eigenvalue weighted by Gasteiger charge is 2.25. The summed E-state index contributed by atoms with van der Waals surface area (Å²) in [6.07, 6.45) is 4.24. The van der Waals surface area contributed by atoms with Crippen molar-refractivity contribution in [3.8, 4) is 0 Å². The lowest BCUT2D eigenvalue weighted by atomic mass is 9.79. The van der Waals surface area contributed by atoms with Gasteiger partial charge in [-0.1, -0.05) is 48.9 Å². The normalized spacial score (nSPS) is 23.8. The smallest absolute Gasteiger partial charge is 0.0855 e. The Morgan fingerprint density at radius 1 is 1.20 bits per heavy atom. The molecule has 1 aliphatic rings. The van der Waals surface area contributed by atoms with Crippen molar-refractivity contribution in [3.63, 3.8) is 0 Å². The minimum absolute atomic E-state index is 0.265. The Morgan fingerprint density at radius 2 is 1.93 bits per heavy atom. The summed E-state index contributed by atoms with van der Waals surface area (Å²) in [7, 11) is 0. The molecule has 0 aromatic heterocycles. The SMILES string of the molecule is C=C1CCCCC1[C@@H](O)c1ccccc1. The van der Waals surface area contributed by atoms with Crippen LogP contribution >= 0.6 is 0 Å². The molecular formula is C14H18O. The molecule has 1 fully saturated rings. The Bertz CT molecular complexity index is 328. The van der Waals surface area contributed by atoms with Crippen LogP contribution in [0.5, 0.6) is 0 Å². The molecule has 1 saturated carbocycles. The summed E-state index contributed by atoms with van der Waals surface area (Å²) >= 11 is 0. The van der Waals surface area contributed by atoms with E-state index >= 15 is 0 Å². The van der Waals surface area contributed by atoms with Crippen LogP contribution in [0.15, 0.2) is 42.5 Å². The second-order valence-electron chi connectivity index (χ2n) is 4.37. The van der Waals surface area contributed by atoms with Gasteiger partial charge in [0.25, 0.3) is 0 Å². The standard InChI is InChI=1S/C14H18O/c1-11-7-5-6-10-13(11)14(15)12-8-3-2-4-9-12/h2-4,8-9,13-15H,1,5-7,10H2/t13?,14-/m0/s1. The average molecular weight is 202 g/mol. The molecule has 1 aromatic rings. The van der Waals surface area contributed by atoms with E-state index in [1.807, 2.05) is 30.3 Å². The van der Waals surface area contributed by atoms with Crippen molar-refractivity contribution in [1.82, 2.24) is 0 Å². The van der Waals surface area contributed by atoms with Crippen molar-refractivity contribution < 1.29 is 5.11 Å². The van der Waals surface area contributed by atoms with Crippen molar-refractivity contribution in [3.05, 3.63) is 48.0 Å². The minimum Gasteiger partial charge on any atom is -0.388 e. The summed E-state index contributed by atoms with van der Waals surface area (Å²) in [6, 6.07) is 9.92. The van der Waals surface area contributed by atoms with Gasteiger partial charge in [-0.2, -0.15) is 0 Å². The molecule has 2 atom stereocenters. The van der Waals surface area contributed by atoms with Gasteiger partial charge in [-0.25, -0.2) is 0 Å². The molecule has 0 spiro atoms. The lowest BCUT2D eigenvalue weighted by Crippen LogP contribution is -2.18. The third kappa shape index (κ3) is 2.29. The zero-order chi connectivity index (χ0) is 10.7. The highest BCUT2D eigenvalue weighted by molar-refractivity contribution is 5.21. The molecule has 1 nitrogen and oxygen atoms in total. The van der Waals surface area contributed by atoms with Crippen LogP contribution in [0, 0.1) is 5.92 Å². The van der Waals surface area contributed by atoms with Gasteiger partial charge in [0.1, 0.15) is 0 Å². The van der Waals surface area contributed by atoms with Crippen molar-refractivity contribution in [1.29, 1.82) is 0 Å². The summed E-state index contributed by atoms with van der Waals surface area (Å²) in [4.78, 5) is 0. The first-order chi connectivity index (χ1) is 7.29. The first kappa shape index (κ1) is 10.4. The van der Waals surface area contributed by atoms with E-state index in [9.17, 15) is 5.11 Å². The first-order valence-corrected chi connectivity index (χ1v) is 5.69. The lowest BCUT2D eigenvalue weighted by molar-refractivity contribution is 0.112. The molecule has 80 valence electrons. The molecular weight excluding hydrogens is 184 g/mol. The highest BCUT2D eigenvalue weighted by atomic mass is 16.3. The number of aliphatic hydroxyl groups is 1. The predicted molar refractivity (Wildman–Crippen MR) is 62.5 cm³/mol. The summed E-state index contributed by atoms with van der Waals surface area (Å²) in [6.45, 7) is 4.08. The Hall–Kier alpha value is -1.08. The van der Waals surface area contributed by atoms with Gasteiger partial charge in [-0.05, 0) is 24.8 Å². The van der Waals surface area contributed by atoms with E-state index in [1.54, 1.807) is 0 Å². The third-order valence-corrected chi connectivity index (χ3v) is 3.31. The van der Waals surface area contributed by atoms with E-state index in [1.165, 1.54) is 18.4 Å². The van der Waals surface area contributed by atoms with E-state index in [0.29, 0.717) is 0 Å². The van der Waals surface area contributed by atoms with Crippen molar-refractivity contribution in [2.45, 2.75) is 31.8 Å². The maximum absolute atomic E-state index is 10.3. The second kappa shape index (κ2) is 4.63. The topological polar surface area (TPSA) is 20.2 Å². The largest absolute Gasteiger partial charge is 0.388 e. The number of benzene rings is 1. The van der Waals surface area contributed by atoms with Gasteiger partial charge in [0.05, 0.1) is 6.10 Å². The van der Waals surface area contributed by atoms with Crippen LogP contribution in [0.2, 0.25) is 0 Å². The van der Waals surface area contributed by atoms with E-state index in [-0.39, 0.29) is 12.0 Å². The van der Waals surface area contributed by atoms with Crippen molar-refractivity contribution in [2.75, 3.05) is 0 Å². The van der Waals surface area contributed by atoms with Gasteiger partial charge in [-0.15, -0.1) is 0 Å². The van der Waals surface area contributed by atoms with Gasteiger partial charge in [0.2, 0.25) is 0 Å². The molecule has 0 bridgehead atoms. The summed E-state index contributed by atoms with van der Waals surface area (Å²) in [5, 5.41) is 10.3. The Balaban J connectivity index is 2.13. The number of aliphatic hydroxyl groups excluding tert-OH is 1.